The molecule has 0 aliphatic carbocycles. The van der Waals surface area contributed by atoms with Crippen LogP contribution in [0.4, 0.5) is 0 Å². The number of carbonyl (C=O) groups is 1. The third kappa shape index (κ3) is 5.01. The van der Waals surface area contributed by atoms with Crippen LogP contribution < -0.4 is 0 Å². The molecule has 0 heterocycles. The zero-order valence-corrected chi connectivity index (χ0v) is 12.1. The number of methoxy groups -OCH3 is 1. The smallest absolute Gasteiger partial charge is 0.335 e. The zero-order valence-electron chi connectivity index (χ0n) is 12.1. The molecule has 1 aromatic rings. The lowest BCUT2D eigenvalue weighted by Gasteiger charge is -2.28. The largest absolute Gasteiger partial charge is 0.478 e. The molecule has 0 amide bonds. The first-order valence-corrected chi connectivity index (χ1v) is 6.53. The molecule has 19 heavy (non-hydrogen) atoms. The van der Waals surface area contributed by atoms with Crippen molar-refractivity contribution in [2.24, 2.45) is 0 Å². The second-order valence-electron chi connectivity index (χ2n) is 5.07. The highest BCUT2D eigenvalue weighted by Gasteiger charge is 2.14. The second kappa shape index (κ2) is 7.26. The first-order valence-electron chi connectivity index (χ1n) is 6.53. The van der Waals surface area contributed by atoms with E-state index in [9.17, 15) is 4.79 Å². The molecular weight excluding hydrogens is 242 g/mol. The van der Waals surface area contributed by atoms with E-state index in [1.165, 1.54) is 0 Å². The molecule has 0 aromatic heterocycles. The summed E-state index contributed by atoms with van der Waals surface area (Å²) in [5.41, 5.74) is 1.44. The third-order valence-electron chi connectivity index (χ3n) is 3.21. The van der Waals surface area contributed by atoms with Crippen molar-refractivity contribution < 1.29 is 14.6 Å². The van der Waals surface area contributed by atoms with Gasteiger partial charge in [-0.1, -0.05) is 12.1 Å². The predicted octanol–water partition coefficient (Wildman–Crippen LogP) is 2.63. The zero-order chi connectivity index (χ0) is 14.4. The maximum Gasteiger partial charge on any atom is 0.335 e. The van der Waals surface area contributed by atoms with E-state index in [4.69, 9.17) is 9.84 Å². The number of hydrogen-bond donors (Lipinski definition) is 1. The van der Waals surface area contributed by atoms with Crippen LogP contribution in [-0.4, -0.2) is 41.8 Å². The minimum absolute atomic E-state index is 0.181. The first-order chi connectivity index (χ1) is 8.93. The van der Waals surface area contributed by atoms with Gasteiger partial charge in [-0.15, -0.1) is 0 Å². The quantitative estimate of drug-likeness (QED) is 0.823. The van der Waals surface area contributed by atoms with Crippen molar-refractivity contribution in [3.05, 3.63) is 35.4 Å². The van der Waals surface area contributed by atoms with E-state index in [1.807, 2.05) is 19.1 Å². The Morgan fingerprint density at radius 1 is 1.26 bits per heavy atom. The lowest BCUT2D eigenvalue weighted by molar-refractivity contribution is 0.0622. The van der Waals surface area contributed by atoms with Crippen molar-refractivity contribution in [1.82, 2.24) is 4.90 Å². The molecule has 4 heteroatoms. The van der Waals surface area contributed by atoms with Crippen molar-refractivity contribution in [2.45, 2.75) is 39.5 Å². The van der Waals surface area contributed by atoms with Crippen molar-refractivity contribution >= 4 is 5.97 Å². The Morgan fingerprint density at radius 2 is 1.84 bits per heavy atom. The van der Waals surface area contributed by atoms with Crippen LogP contribution in [-0.2, 0) is 11.3 Å². The summed E-state index contributed by atoms with van der Waals surface area (Å²) in [6.45, 7) is 7.99. The molecule has 0 saturated carbocycles. The van der Waals surface area contributed by atoms with E-state index >= 15 is 0 Å². The average Bonchev–Trinajstić information content (AvgIpc) is 2.38. The maximum atomic E-state index is 10.8. The van der Waals surface area contributed by atoms with Crippen LogP contribution in [0.5, 0.6) is 0 Å². The number of carboxylic acid groups (broad SMARTS) is 1. The van der Waals surface area contributed by atoms with Crippen molar-refractivity contribution in [3.63, 3.8) is 0 Å². The molecule has 0 radical (unpaired) electrons. The molecule has 1 N–H and O–H groups in total. The summed E-state index contributed by atoms with van der Waals surface area (Å²) in [7, 11) is 1.71. The summed E-state index contributed by atoms with van der Waals surface area (Å²) in [6.07, 6.45) is 0.181. The fraction of sp³-hybridized carbons (Fsp3) is 0.533. The number of ether oxygens (including phenoxy) is 1. The number of hydrogen-bond acceptors (Lipinski definition) is 3. The van der Waals surface area contributed by atoms with E-state index in [1.54, 1.807) is 19.2 Å². The Balaban J connectivity index is 2.70. The monoisotopic (exact) mass is 265 g/mol. The molecule has 0 aliphatic rings. The standard InChI is InChI=1S/C15H23NO3/c1-11(2)16(9-12(3)19-4)10-13-5-7-14(8-6-13)15(17)18/h5-8,11-12H,9-10H2,1-4H3,(H,17,18). The van der Waals surface area contributed by atoms with Gasteiger partial charge in [-0.25, -0.2) is 4.79 Å². The molecule has 106 valence electrons. The summed E-state index contributed by atoms with van der Waals surface area (Å²) in [4.78, 5) is 13.1. The van der Waals surface area contributed by atoms with E-state index in [0.717, 1.165) is 18.7 Å². The lowest BCUT2D eigenvalue weighted by Crippen LogP contribution is -2.36. The van der Waals surface area contributed by atoms with Crippen LogP contribution in [0, 0.1) is 0 Å². The number of benzene rings is 1. The molecule has 0 saturated heterocycles. The Morgan fingerprint density at radius 3 is 2.26 bits per heavy atom. The molecule has 0 bridgehead atoms. The van der Waals surface area contributed by atoms with E-state index in [2.05, 4.69) is 18.7 Å². The number of rotatable bonds is 7. The maximum absolute atomic E-state index is 10.8. The molecule has 1 atom stereocenters. The third-order valence-corrected chi connectivity index (χ3v) is 3.21. The van der Waals surface area contributed by atoms with Crippen LogP contribution in [0.1, 0.15) is 36.7 Å². The molecule has 0 fully saturated rings. The van der Waals surface area contributed by atoms with Gasteiger partial charge in [-0.2, -0.15) is 0 Å². The summed E-state index contributed by atoms with van der Waals surface area (Å²) >= 11 is 0. The van der Waals surface area contributed by atoms with Gasteiger partial charge in [-0.05, 0) is 38.5 Å². The molecule has 4 nitrogen and oxygen atoms in total. The molecule has 1 aromatic carbocycles. The van der Waals surface area contributed by atoms with E-state index < -0.39 is 5.97 Å². The molecule has 1 rings (SSSR count). The molecular formula is C15H23NO3. The Bertz CT molecular complexity index is 400. The van der Waals surface area contributed by atoms with E-state index in [0.29, 0.717) is 11.6 Å². The lowest BCUT2D eigenvalue weighted by atomic mass is 10.1. The number of carboxylic acids is 1. The van der Waals surface area contributed by atoms with Gasteiger partial charge >= 0.3 is 5.97 Å². The van der Waals surface area contributed by atoms with Crippen molar-refractivity contribution in [3.8, 4) is 0 Å². The molecule has 1 unspecified atom stereocenters. The Kier molecular flexibility index (Phi) is 5.99. The van der Waals surface area contributed by atoms with Crippen LogP contribution in [0.15, 0.2) is 24.3 Å². The summed E-state index contributed by atoms with van der Waals surface area (Å²) in [5.74, 6) is -0.889. The second-order valence-corrected chi connectivity index (χ2v) is 5.07. The van der Waals surface area contributed by atoms with Gasteiger partial charge in [-0.3, -0.25) is 4.90 Å². The highest BCUT2D eigenvalue weighted by atomic mass is 16.5. The van der Waals surface area contributed by atoms with Gasteiger partial charge in [0.1, 0.15) is 0 Å². The number of aromatic carboxylic acids is 1. The minimum atomic E-state index is -0.889. The number of nitrogens with zero attached hydrogens (tertiary/aromatic N) is 1. The van der Waals surface area contributed by atoms with Crippen molar-refractivity contribution in [1.29, 1.82) is 0 Å². The van der Waals surface area contributed by atoms with E-state index in [-0.39, 0.29) is 6.10 Å². The van der Waals surface area contributed by atoms with Crippen molar-refractivity contribution in [2.75, 3.05) is 13.7 Å². The van der Waals surface area contributed by atoms with Gasteiger partial charge in [0, 0.05) is 26.2 Å². The van der Waals surface area contributed by atoms with Gasteiger partial charge in [0.05, 0.1) is 11.7 Å². The molecule has 0 aliphatic heterocycles. The molecule has 0 spiro atoms. The minimum Gasteiger partial charge on any atom is -0.478 e. The van der Waals surface area contributed by atoms with Crippen LogP contribution in [0.3, 0.4) is 0 Å². The van der Waals surface area contributed by atoms with Crippen LogP contribution in [0.25, 0.3) is 0 Å². The summed E-state index contributed by atoms with van der Waals surface area (Å²) < 4.78 is 5.30. The Labute approximate surface area is 115 Å². The topological polar surface area (TPSA) is 49.8 Å². The Hall–Kier alpha value is -1.39. The van der Waals surface area contributed by atoms with Crippen LogP contribution in [0.2, 0.25) is 0 Å². The normalized spacial score (nSPS) is 12.9. The SMILES string of the molecule is COC(C)CN(Cc1ccc(C(=O)O)cc1)C(C)C. The van der Waals surface area contributed by atoms with Gasteiger partial charge in [0.25, 0.3) is 0 Å². The summed E-state index contributed by atoms with van der Waals surface area (Å²) in [5, 5.41) is 8.87. The first kappa shape index (κ1) is 15.7. The summed E-state index contributed by atoms with van der Waals surface area (Å²) in [6, 6.07) is 7.45. The highest BCUT2D eigenvalue weighted by Crippen LogP contribution is 2.11. The van der Waals surface area contributed by atoms with Gasteiger partial charge in [0.15, 0.2) is 0 Å². The van der Waals surface area contributed by atoms with Crippen LogP contribution >= 0.6 is 0 Å². The predicted molar refractivity (Wildman–Crippen MR) is 75.4 cm³/mol. The fourth-order valence-corrected chi connectivity index (χ4v) is 1.85. The average molecular weight is 265 g/mol. The highest BCUT2D eigenvalue weighted by molar-refractivity contribution is 5.87. The van der Waals surface area contributed by atoms with Gasteiger partial charge < -0.3 is 9.84 Å². The van der Waals surface area contributed by atoms with Gasteiger partial charge in [0.2, 0.25) is 0 Å². The fourth-order valence-electron chi connectivity index (χ4n) is 1.85.